The number of H-pyrrole nitrogens is 1. The molecule has 0 aromatic carbocycles. The fourth-order valence-electron chi connectivity index (χ4n) is 2.10. The number of hydrogen-bond acceptors (Lipinski definition) is 3. The second kappa shape index (κ2) is 6.92. The van der Waals surface area contributed by atoms with E-state index in [0.29, 0.717) is 11.8 Å². The van der Waals surface area contributed by atoms with Gasteiger partial charge in [0.1, 0.15) is 0 Å². The molecule has 0 spiro atoms. The summed E-state index contributed by atoms with van der Waals surface area (Å²) in [4.78, 5) is 2.34. The normalized spacial score (nSPS) is 11.5. The predicted molar refractivity (Wildman–Crippen MR) is 79.6 cm³/mol. The lowest BCUT2D eigenvalue weighted by Crippen LogP contribution is -2.33. The van der Waals surface area contributed by atoms with Crippen molar-refractivity contribution in [1.29, 1.82) is 0 Å². The van der Waals surface area contributed by atoms with Crippen LogP contribution in [0.25, 0.3) is 0 Å². The molecule has 0 radical (unpaired) electrons. The van der Waals surface area contributed by atoms with Gasteiger partial charge in [-0.15, -0.1) is 5.10 Å². The van der Waals surface area contributed by atoms with E-state index in [4.69, 9.17) is 12.2 Å². The first kappa shape index (κ1) is 15.2. The Hall–Kier alpha value is -0.840. The van der Waals surface area contributed by atoms with Gasteiger partial charge in [0.2, 0.25) is 5.95 Å². The summed E-state index contributed by atoms with van der Waals surface area (Å²) in [5.74, 6) is 2.22. The molecule has 1 aromatic heterocycles. The molecule has 0 unspecified atom stereocenters. The summed E-state index contributed by atoms with van der Waals surface area (Å²) < 4.78 is 2.84. The molecule has 4 nitrogen and oxygen atoms in total. The van der Waals surface area contributed by atoms with Gasteiger partial charge in [-0.05, 0) is 30.5 Å². The van der Waals surface area contributed by atoms with E-state index in [-0.39, 0.29) is 0 Å². The third kappa shape index (κ3) is 4.12. The van der Waals surface area contributed by atoms with Crippen LogP contribution in [0.5, 0.6) is 0 Å². The fraction of sp³-hybridized carbons (Fsp3) is 0.846. The quantitative estimate of drug-likeness (QED) is 0.771. The van der Waals surface area contributed by atoms with Gasteiger partial charge in [-0.2, -0.15) is 0 Å². The molecule has 0 aliphatic carbocycles. The Morgan fingerprint density at radius 3 is 2.22 bits per heavy atom. The molecule has 0 saturated carbocycles. The van der Waals surface area contributed by atoms with E-state index >= 15 is 0 Å². The summed E-state index contributed by atoms with van der Waals surface area (Å²) in [5, 5.41) is 7.34. The number of aromatic nitrogens is 3. The lowest BCUT2D eigenvalue weighted by atomic mass is 10.1. The third-order valence-corrected chi connectivity index (χ3v) is 2.95. The molecule has 0 bridgehead atoms. The van der Waals surface area contributed by atoms with Crippen LogP contribution in [0.3, 0.4) is 0 Å². The highest BCUT2D eigenvalue weighted by molar-refractivity contribution is 7.71. The van der Waals surface area contributed by atoms with Crippen LogP contribution in [-0.2, 0) is 6.54 Å². The minimum Gasteiger partial charge on any atom is -0.340 e. The van der Waals surface area contributed by atoms with E-state index in [1.165, 1.54) is 0 Å². The largest absolute Gasteiger partial charge is 0.340 e. The summed E-state index contributed by atoms with van der Waals surface area (Å²) in [6, 6.07) is 0. The van der Waals surface area contributed by atoms with Crippen LogP contribution in [0.15, 0.2) is 0 Å². The molecule has 0 atom stereocenters. The zero-order valence-corrected chi connectivity index (χ0v) is 13.0. The first-order chi connectivity index (χ1) is 8.45. The first-order valence-corrected chi connectivity index (χ1v) is 7.26. The lowest BCUT2D eigenvalue weighted by Gasteiger charge is -2.27. The van der Waals surface area contributed by atoms with Crippen molar-refractivity contribution in [1.82, 2.24) is 14.8 Å². The number of hydrogen-bond donors (Lipinski definition) is 1. The van der Waals surface area contributed by atoms with E-state index in [2.05, 4.69) is 54.3 Å². The maximum absolute atomic E-state index is 5.30. The van der Waals surface area contributed by atoms with Crippen LogP contribution >= 0.6 is 12.2 Å². The summed E-state index contributed by atoms with van der Waals surface area (Å²) in [6.45, 7) is 14.1. The van der Waals surface area contributed by atoms with E-state index in [0.717, 1.165) is 36.8 Å². The van der Waals surface area contributed by atoms with Gasteiger partial charge < -0.3 is 4.90 Å². The standard InChI is InChI=1S/C13H26N4S/c1-6-7-17-12(14-15-13(17)18)16(8-10(2)3)9-11(4)5/h10-11H,6-9H2,1-5H3,(H,15,18). The van der Waals surface area contributed by atoms with E-state index in [9.17, 15) is 0 Å². The Kier molecular flexibility index (Phi) is 5.85. The van der Waals surface area contributed by atoms with Gasteiger partial charge in [-0.3, -0.25) is 4.57 Å². The predicted octanol–water partition coefficient (Wildman–Crippen LogP) is 3.47. The number of rotatable bonds is 7. The second-order valence-corrected chi connectivity index (χ2v) is 6.06. The van der Waals surface area contributed by atoms with E-state index < -0.39 is 0 Å². The maximum atomic E-state index is 5.30. The Morgan fingerprint density at radius 2 is 1.78 bits per heavy atom. The molecule has 104 valence electrons. The van der Waals surface area contributed by atoms with Gasteiger partial charge in [-0.1, -0.05) is 34.6 Å². The molecule has 0 saturated heterocycles. The fourth-order valence-corrected chi connectivity index (χ4v) is 2.31. The van der Waals surface area contributed by atoms with Gasteiger partial charge in [0.05, 0.1) is 0 Å². The number of nitrogens with one attached hydrogen (secondary N) is 1. The SMILES string of the molecule is CCCn1c(N(CC(C)C)CC(C)C)n[nH]c1=S. The third-order valence-electron chi connectivity index (χ3n) is 2.64. The Morgan fingerprint density at radius 1 is 1.22 bits per heavy atom. The second-order valence-electron chi connectivity index (χ2n) is 5.67. The van der Waals surface area contributed by atoms with Crippen molar-refractivity contribution in [2.75, 3.05) is 18.0 Å². The zero-order valence-electron chi connectivity index (χ0n) is 12.2. The van der Waals surface area contributed by atoms with Crippen molar-refractivity contribution >= 4 is 18.2 Å². The van der Waals surface area contributed by atoms with E-state index in [1.807, 2.05) is 0 Å². The molecular formula is C13H26N4S. The smallest absolute Gasteiger partial charge is 0.225 e. The molecule has 0 aliphatic rings. The Bertz CT molecular complexity index is 395. The van der Waals surface area contributed by atoms with Crippen LogP contribution < -0.4 is 4.90 Å². The lowest BCUT2D eigenvalue weighted by molar-refractivity contribution is 0.530. The van der Waals surface area contributed by atoms with E-state index in [1.54, 1.807) is 0 Å². The number of nitrogens with zero attached hydrogens (tertiary/aromatic N) is 3. The molecule has 18 heavy (non-hydrogen) atoms. The molecule has 5 heteroatoms. The highest BCUT2D eigenvalue weighted by atomic mass is 32.1. The monoisotopic (exact) mass is 270 g/mol. The van der Waals surface area contributed by atoms with Crippen molar-refractivity contribution in [2.24, 2.45) is 11.8 Å². The molecule has 0 aliphatic heterocycles. The minimum atomic E-state index is 0.615. The van der Waals surface area contributed by atoms with Crippen LogP contribution in [-0.4, -0.2) is 27.9 Å². The summed E-state index contributed by atoms with van der Waals surface area (Å²) >= 11 is 5.30. The number of anilines is 1. The van der Waals surface area contributed by atoms with Gasteiger partial charge >= 0.3 is 0 Å². The molecule has 1 heterocycles. The van der Waals surface area contributed by atoms with Crippen LogP contribution in [0, 0.1) is 16.6 Å². The molecule has 1 aromatic rings. The average Bonchev–Trinajstić information content (AvgIpc) is 2.59. The summed E-state index contributed by atoms with van der Waals surface area (Å²) in [5.41, 5.74) is 0. The maximum Gasteiger partial charge on any atom is 0.225 e. The minimum absolute atomic E-state index is 0.615. The number of aromatic amines is 1. The van der Waals surface area contributed by atoms with Crippen LogP contribution in [0.2, 0.25) is 0 Å². The van der Waals surface area contributed by atoms with Crippen LogP contribution in [0.4, 0.5) is 5.95 Å². The summed E-state index contributed by atoms with van der Waals surface area (Å²) in [6.07, 6.45) is 1.07. The highest BCUT2D eigenvalue weighted by Gasteiger charge is 2.16. The highest BCUT2D eigenvalue weighted by Crippen LogP contribution is 2.16. The summed E-state index contributed by atoms with van der Waals surface area (Å²) in [7, 11) is 0. The molecular weight excluding hydrogens is 244 g/mol. The van der Waals surface area contributed by atoms with Crippen molar-refractivity contribution in [3.05, 3.63) is 4.77 Å². The van der Waals surface area contributed by atoms with Crippen molar-refractivity contribution < 1.29 is 0 Å². The van der Waals surface area contributed by atoms with Crippen molar-refractivity contribution in [2.45, 2.75) is 47.6 Å². The molecule has 0 amide bonds. The van der Waals surface area contributed by atoms with Crippen LogP contribution in [0.1, 0.15) is 41.0 Å². The van der Waals surface area contributed by atoms with Gasteiger partial charge in [-0.25, -0.2) is 5.10 Å². The topological polar surface area (TPSA) is 36.9 Å². The average molecular weight is 270 g/mol. The van der Waals surface area contributed by atoms with Crippen molar-refractivity contribution in [3.63, 3.8) is 0 Å². The van der Waals surface area contributed by atoms with Gasteiger partial charge in [0.15, 0.2) is 4.77 Å². The van der Waals surface area contributed by atoms with Crippen molar-refractivity contribution in [3.8, 4) is 0 Å². The Labute approximate surface area is 115 Å². The molecule has 1 rings (SSSR count). The molecule has 1 N–H and O–H groups in total. The van der Waals surface area contributed by atoms with Gasteiger partial charge in [0, 0.05) is 19.6 Å². The zero-order chi connectivity index (χ0) is 13.7. The Balaban J connectivity index is 3.00. The molecule has 0 fully saturated rings. The first-order valence-electron chi connectivity index (χ1n) is 6.85. The van der Waals surface area contributed by atoms with Gasteiger partial charge in [0.25, 0.3) is 0 Å².